The maximum atomic E-state index is 12.2. The van der Waals surface area contributed by atoms with Crippen molar-refractivity contribution >= 4 is 39.3 Å². The van der Waals surface area contributed by atoms with Gasteiger partial charge in [-0.05, 0) is 51.8 Å². The van der Waals surface area contributed by atoms with Crippen LogP contribution < -0.4 is 5.32 Å². The summed E-state index contributed by atoms with van der Waals surface area (Å²) >= 11 is 9.63. The number of piperidine rings is 1. The van der Waals surface area contributed by atoms with Crippen LogP contribution in [0.5, 0.6) is 0 Å². The number of hydrogen-bond donors (Lipinski definition) is 1. The molecule has 1 unspecified atom stereocenters. The molecule has 1 saturated heterocycles. The maximum absolute atomic E-state index is 12.2. The van der Waals surface area contributed by atoms with Gasteiger partial charge in [-0.2, -0.15) is 0 Å². The first-order valence-electron chi connectivity index (χ1n) is 7.44. The Morgan fingerprint density at radius 3 is 2.82 bits per heavy atom. The monoisotopic (exact) mass is 388 g/mol. The molecule has 0 aromatic heterocycles. The minimum atomic E-state index is -0.466. The van der Waals surface area contributed by atoms with Crippen molar-refractivity contribution < 1.29 is 9.53 Å². The molecule has 1 fully saturated rings. The van der Waals surface area contributed by atoms with Gasteiger partial charge in [-0.1, -0.05) is 27.5 Å². The molecule has 0 aliphatic carbocycles. The van der Waals surface area contributed by atoms with Crippen molar-refractivity contribution in [3.05, 3.63) is 27.7 Å². The van der Waals surface area contributed by atoms with Crippen molar-refractivity contribution in [2.45, 2.75) is 45.3 Å². The fourth-order valence-electron chi connectivity index (χ4n) is 2.41. The molecule has 1 N–H and O–H groups in total. The molecule has 0 saturated carbocycles. The van der Waals surface area contributed by atoms with Crippen molar-refractivity contribution in [2.75, 3.05) is 18.4 Å². The number of amides is 1. The molecule has 4 nitrogen and oxygen atoms in total. The molecule has 1 aromatic carbocycles. The molecule has 1 aliphatic heterocycles. The van der Waals surface area contributed by atoms with Gasteiger partial charge in [0.15, 0.2) is 0 Å². The summed E-state index contributed by atoms with van der Waals surface area (Å²) < 4.78 is 6.39. The number of nitrogens with one attached hydrogen (secondary N) is 1. The molecule has 0 bridgehead atoms. The summed E-state index contributed by atoms with van der Waals surface area (Å²) in [6, 6.07) is 5.93. The minimum Gasteiger partial charge on any atom is -0.444 e. The van der Waals surface area contributed by atoms with Crippen LogP contribution in [-0.4, -0.2) is 35.7 Å². The number of carbonyl (C=O) groups is 1. The van der Waals surface area contributed by atoms with Gasteiger partial charge in [0.1, 0.15) is 5.60 Å². The van der Waals surface area contributed by atoms with Gasteiger partial charge >= 0.3 is 6.09 Å². The SMILES string of the molecule is CC(C)(C)OC(=O)N1CCCC(Nc2ccc(Br)cc2Cl)C1. The Hall–Kier alpha value is -0.940. The van der Waals surface area contributed by atoms with Gasteiger partial charge in [-0.15, -0.1) is 0 Å². The number of nitrogens with zero attached hydrogens (tertiary/aromatic N) is 1. The highest BCUT2D eigenvalue weighted by Gasteiger charge is 2.27. The molecule has 1 aromatic rings. The first kappa shape index (κ1) is 17.4. The highest BCUT2D eigenvalue weighted by molar-refractivity contribution is 9.10. The molecule has 2 rings (SSSR count). The van der Waals surface area contributed by atoms with Gasteiger partial charge in [0.25, 0.3) is 0 Å². The lowest BCUT2D eigenvalue weighted by molar-refractivity contribution is 0.0206. The van der Waals surface area contributed by atoms with Crippen LogP contribution in [0.25, 0.3) is 0 Å². The van der Waals surface area contributed by atoms with E-state index < -0.39 is 5.60 Å². The van der Waals surface area contributed by atoms with E-state index in [1.807, 2.05) is 39.0 Å². The Labute approximate surface area is 145 Å². The molecule has 6 heteroatoms. The number of rotatable bonds is 2. The summed E-state index contributed by atoms with van der Waals surface area (Å²) in [5, 5.41) is 4.09. The van der Waals surface area contributed by atoms with Gasteiger partial charge in [-0.25, -0.2) is 4.79 Å². The van der Waals surface area contributed by atoms with E-state index in [9.17, 15) is 4.79 Å². The fourth-order valence-corrected chi connectivity index (χ4v) is 3.14. The van der Waals surface area contributed by atoms with E-state index in [4.69, 9.17) is 16.3 Å². The maximum Gasteiger partial charge on any atom is 0.410 e. The van der Waals surface area contributed by atoms with Crippen molar-refractivity contribution in [3.8, 4) is 0 Å². The quantitative estimate of drug-likeness (QED) is 0.781. The Morgan fingerprint density at radius 1 is 1.45 bits per heavy atom. The molecule has 1 heterocycles. The van der Waals surface area contributed by atoms with Gasteiger partial charge in [0.2, 0.25) is 0 Å². The van der Waals surface area contributed by atoms with Gasteiger partial charge in [0, 0.05) is 23.6 Å². The zero-order chi connectivity index (χ0) is 16.3. The Balaban J connectivity index is 1.97. The second-order valence-corrected chi connectivity index (χ2v) is 7.86. The second kappa shape index (κ2) is 7.09. The number of hydrogen-bond acceptors (Lipinski definition) is 3. The minimum absolute atomic E-state index is 0.181. The highest BCUT2D eigenvalue weighted by Crippen LogP contribution is 2.27. The van der Waals surface area contributed by atoms with Gasteiger partial charge in [-0.3, -0.25) is 0 Å². The summed E-state index contributed by atoms with van der Waals surface area (Å²) in [5.74, 6) is 0. The van der Waals surface area contributed by atoms with Crippen LogP contribution >= 0.6 is 27.5 Å². The third-order valence-corrected chi connectivity index (χ3v) is 4.17. The van der Waals surface area contributed by atoms with E-state index in [-0.39, 0.29) is 12.1 Å². The smallest absolute Gasteiger partial charge is 0.410 e. The van der Waals surface area contributed by atoms with E-state index in [1.165, 1.54) is 0 Å². The Bertz CT molecular complexity index is 545. The topological polar surface area (TPSA) is 41.6 Å². The molecule has 1 amide bonds. The lowest BCUT2D eigenvalue weighted by Crippen LogP contribution is -2.47. The average molecular weight is 390 g/mol. The predicted molar refractivity (Wildman–Crippen MR) is 93.6 cm³/mol. The van der Waals surface area contributed by atoms with Crippen LogP contribution in [0.1, 0.15) is 33.6 Å². The number of halogens is 2. The normalized spacial score (nSPS) is 19.0. The van der Waals surface area contributed by atoms with Crippen LogP contribution in [0.2, 0.25) is 5.02 Å². The molecule has 0 radical (unpaired) electrons. The molecular formula is C16H22BrClN2O2. The van der Waals surface area contributed by atoms with E-state index in [0.29, 0.717) is 11.6 Å². The van der Waals surface area contributed by atoms with Crippen LogP contribution in [0, 0.1) is 0 Å². The number of benzene rings is 1. The van der Waals surface area contributed by atoms with E-state index in [2.05, 4.69) is 21.2 Å². The predicted octanol–water partition coefficient (Wildman–Crippen LogP) is 4.91. The standard InChI is InChI=1S/C16H22BrClN2O2/c1-16(2,3)22-15(21)20-8-4-5-12(10-20)19-14-7-6-11(17)9-13(14)18/h6-7,9,12,19H,4-5,8,10H2,1-3H3. The molecule has 0 spiro atoms. The number of carbonyl (C=O) groups excluding carboxylic acids is 1. The van der Waals surface area contributed by atoms with Gasteiger partial charge < -0.3 is 15.0 Å². The summed E-state index contributed by atoms with van der Waals surface area (Å²) in [4.78, 5) is 13.9. The average Bonchev–Trinajstić information content (AvgIpc) is 2.40. The molecule has 22 heavy (non-hydrogen) atoms. The van der Waals surface area contributed by atoms with Crippen molar-refractivity contribution in [1.29, 1.82) is 0 Å². The van der Waals surface area contributed by atoms with Crippen molar-refractivity contribution in [2.24, 2.45) is 0 Å². The number of anilines is 1. The van der Waals surface area contributed by atoms with Crippen LogP contribution in [0.4, 0.5) is 10.5 Å². The third kappa shape index (κ3) is 5.06. The lowest BCUT2D eigenvalue weighted by Gasteiger charge is -2.35. The molecule has 1 atom stereocenters. The van der Waals surface area contributed by atoms with Crippen LogP contribution in [0.15, 0.2) is 22.7 Å². The fraction of sp³-hybridized carbons (Fsp3) is 0.562. The zero-order valence-corrected chi connectivity index (χ0v) is 15.5. The zero-order valence-electron chi connectivity index (χ0n) is 13.2. The summed E-state index contributed by atoms with van der Waals surface area (Å²) in [6.07, 6.45) is 1.71. The summed E-state index contributed by atoms with van der Waals surface area (Å²) in [5.41, 5.74) is 0.424. The van der Waals surface area contributed by atoms with E-state index >= 15 is 0 Å². The molecule has 1 aliphatic rings. The third-order valence-electron chi connectivity index (χ3n) is 3.36. The van der Waals surface area contributed by atoms with Gasteiger partial charge in [0.05, 0.1) is 10.7 Å². The number of ether oxygens (including phenoxy) is 1. The van der Waals surface area contributed by atoms with Crippen LogP contribution in [-0.2, 0) is 4.74 Å². The van der Waals surface area contributed by atoms with Crippen molar-refractivity contribution in [1.82, 2.24) is 4.90 Å². The largest absolute Gasteiger partial charge is 0.444 e. The highest BCUT2D eigenvalue weighted by atomic mass is 79.9. The molecule has 122 valence electrons. The Kier molecular flexibility index (Phi) is 5.61. The summed E-state index contributed by atoms with van der Waals surface area (Å²) in [6.45, 7) is 7.01. The Morgan fingerprint density at radius 2 is 2.18 bits per heavy atom. The lowest BCUT2D eigenvalue weighted by atomic mass is 10.1. The summed E-state index contributed by atoms with van der Waals surface area (Å²) in [7, 11) is 0. The van der Waals surface area contributed by atoms with E-state index in [1.54, 1.807) is 4.90 Å². The van der Waals surface area contributed by atoms with E-state index in [0.717, 1.165) is 29.5 Å². The first-order chi connectivity index (χ1) is 10.2. The molecular weight excluding hydrogens is 368 g/mol. The van der Waals surface area contributed by atoms with Crippen LogP contribution in [0.3, 0.4) is 0 Å². The number of likely N-dealkylation sites (tertiary alicyclic amines) is 1. The first-order valence-corrected chi connectivity index (χ1v) is 8.61. The van der Waals surface area contributed by atoms with Crippen molar-refractivity contribution in [3.63, 3.8) is 0 Å². The second-order valence-electron chi connectivity index (χ2n) is 6.53.